The molecular formula is C24H31N3O4S. The van der Waals surface area contributed by atoms with Crippen molar-refractivity contribution in [3.63, 3.8) is 0 Å². The molecule has 0 saturated heterocycles. The van der Waals surface area contributed by atoms with Crippen LogP contribution in [0.1, 0.15) is 61.9 Å². The number of thiocarbonyl (C=S) groups is 1. The van der Waals surface area contributed by atoms with E-state index >= 15 is 0 Å². The molecule has 172 valence electrons. The molecule has 0 spiro atoms. The van der Waals surface area contributed by atoms with Gasteiger partial charge in [-0.1, -0.05) is 39.3 Å². The molecule has 2 rings (SSSR count). The number of hydrazine groups is 1. The van der Waals surface area contributed by atoms with Crippen molar-refractivity contribution < 1.29 is 19.1 Å². The van der Waals surface area contributed by atoms with Gasteiger partial charge in [-0.05, 0) is 72.9 Å². The van der Waals surface area contributed by atoms with Crippen LogP contribution in [0, 0.1) is 0 Å². The fraction of sp³-hybridized carbons (Fsp3) is 0.375. The summed E-state index contributed by atoms with van der Waals surface area (Å²) in [6.07, 6.45) is 3.09. The maximum Gasteiger partial charge on any atom is 0.276 e. The third-order valence-electron chi connectivity index (χ3n) is 4.86. The van der Waals surface area contributed by atoms with Crippen LogP contribution in [0.5, 0.6) is 11.5 Å². The average molecular weight is 458 g/mol. The second-order valence-corrected chi connectivity index (χ2v) is 7.76. The van der Waals surface area contributed by atoms with E-state index in [1.54, 1.807) is 24.3 Å². The molecule has 0 fully saturated rings. The number of nitrogens with one attached hydrogen (secondary N) is 3. The topological polar surface area (TPSA) is 88.7 Å². The molecule has 32 heavy (non-hydrogen) atoms. The minimum absolute atomic E-state index is 0.0236. The zero-order chi connectivity index (χ0) is 23.3. The Labute approximate surface area is 194 Å². The Morgan fingerprint density at radius 1 is 0.938 bits per heavy atom. The first kappa shape index (κ1) is 25.1. The van der Waals surface area contributed by atoms with Crippen molar-refractivity contribution in [2.45, 2.75) is 46.0 Å². The van der Waals surface area contributed by atoms with Crippen LogP contribution in [-0.2, 0) is 4.79 Å². The monoisotopic (exact) mass is 457 g/mol. The molecule has 0 saturated carbocycles. The molecule has 1 unspecified atom stereocenters. The van der Waals surface area contributed by atoms with E-state index in [1.807, 2.05) is 24.3 Å². The zero-order valence-corrected chi connectivity index (χ0v) is 19.6. The largest absolute Gasteiger partial charge is 0.494 e. The van der Waals surface area contributed by atoms with Gasteiger partial charge in [-0.3, -0.25) is 25.8 Å². The van der Waals surface area contributed by atoms with E-state index in [2.05, 4.69) is 36.9 Å². The van der Waals surface area contributed by atoms with Crippen molar-refractivity contribution >= 4 is 29.1 Å². The number of unbranched alkanes of at least 4 members (excludes halogenated alkanes) is 1. The van der Waals surface area contributed by atoms with Gasteiger partial charge in [0, 0.05) is 5.56 Å². The molecule has 2 aromatic rings. The van der Waals surface area contributed by atoms with Gasteiger partial charge in [-0.15, -0.1) is 0 Å². The number of ether oxygens (including phenoxy) is 2. The van der Waals surface area contributed by atoms with Crippen LogP contribution in [0.3, 0.4) is 0 Å². The highest BCUT2D eigenvalue weighted by Gasteiger charge is 2.10. The minimum atomic E-state index is -0.429. The zero-order valence-electron chi connectivity index (χ0n) is 18.8. The summed E-state index contributed by atoms with van der Waals surface area (Å²) in [6, 6.07) is 14.4. The smallest absolute Gasteiger partial charge is 0.276 e. The number of rotatable bonds is 10. The summed E-state index contributed by atoms with van der Waals surface area (Å²) in [5, 5.41) is 2.48. The normalized spacial score (nSPS) is 11.2. The Morgan fingerprint density at radius 3 is 2.19 bits per heavy atom. The third-order valence-corrected chi connectivity index (χ3v) is 5.06. The molecule has 2 amide bonds. The Morgan fingerprint density at radius 2 is 1.56 bits per heavy atom. The minimum Gasteiger partial charge on any atom is -0.494 e. The number of amides is 2. The molecule has 1 atom stereocenters. The average Bonchev–Trinajstić information content (AvgIpc) is 2.81. The summed E-state index contributed by atoms with van der Waals surface area (Å²) in [5.41, 5.74) is 6.54. The summed E-state index contributed by atoms with van der Waals surface area (Å²) in [7, 11) is 0. The standard InChI is InChI=1S/C24H31N3O4S/c1-4-6-15-30-20-13-9-19(10-14-20)23(29)25-24(32)27-26-22(28)16-31-21-11-7-18(8-12-21)17(3)5-2/h7-14,17H,4-6,15-16H2,1-3H3,(H,26,28)(H2,25,27,29,32). The van der Waals surface area contributed by atoms with E-state index in [0.29, 0.717) is 29.6 Å². The summed E-state index contributed by atoms with van der Waals surface area (Å²) >= 11 is 5.05. The van der Waals surface area contributed by atoms with E-state index in [4.69, 9.17) is 21.7 Å². The molecule has 0 aliphatic rings. The third kappa shape index (κ3) is 8.55. The Hall–Kier alpha value is -3.13. The van der Waals surface area contributed by atoms with Crippen LogP contribution in [0.4, 0.5) is 0 Å². The van der Waals surface area contributed by atoms with Gasteiger partial charge in [-0.25, -0.2) is 0 Å². The predicted molar refractivity (Wildman–Crippen MR) is 129 cm³/mol. The number of hydrogen-bond acceptors (Lipinski definition) is 5. The highest BCUT2D eigenvalue weighted by atomic mass is 32.1. The van der Waals surface area contributed by atoms with Gasteiger partial charge < -0.3 is 9.47 Å². The lowest BCUT2D eigenvalue weighted by Crippen LogP contribution is -2.49. The fourth-order valence-electron chi connectivity index (χ4n) is 2.68. The van der Waals surface area contributed by atoms with Crippen LogP contribution in [-0.4, -0.2) is 30.1 Å². The number of carbonyl (C=O) groups excluding carboxylic acids is 2. The maximum absolute atomic E-state index is 12.3. The Balaban J connectivity index is 1.70. The predicted octanol–water partition coefficient (Wildman–Crippen LogP) is 4.09. The van der Waals surface area contributed by atoms with Crippen molar-refractivity contribution in [2.75, 3.05) is 13.2 Å². The van der Waals surface area contributed by atoms with Crippen LogP contribution in [0.25, 0.3) is 0 Å². The van der Waals surface area contributed by atoms with Crippen molar-refractivity contribution in [3.05, 3.63) is 59.7 Å². The second kappa shape index (κ2) is 13.3. The second-order valence-electron chi connectivity index (χ2n) is 7.35. The van der Waals surface area contributed by atoms with E-state index in [0.717, 1.165) is 19.3 Å². The van der Waals surface area contributed by atoms with Gasteiger partial charge in [-0.2, -0.15) is 0 Å². The van der Waals surface area contributed by atoms with Crippen LogP contribution < -0.4 is 25.6 Å². The maximum atomic E-state index is 12.3. The first-order chi connectivity index (χ1) is 15.4. The molecule has 2 aromatic carbocycles. The molecule has 8 heteroatoms. The highest BCUT2D eigenvalue weighted by Crippen LogP contribution is 2.21. The van der Waals surface area contributed by atoms with Gasteiger partial charge in [0.1, 0.15) is 11.5 Å². The van der Waals surface area contributed by atoms with Gasteiger partial charge in [0.15, 0.2) is 11.7 Å². The lowest BCUT2D eigenvalue weighted by molar-refractivity contribution is -0.123. The lowest BCUT2D eigenvalue weighted by atomic mass is 9.99. The lowest BCUT2D eigenvalue weighted by Gasteiger charge is -2.12. The van der Waals surface area contributed by atoms with Gasteiger partial charge in [0.05, 0.1) is 6.61 Å². The first-order valence-electron chi connectivity index (χ1n) is 10.8. The van der Waals surface area contributed by atoms with Crippen molar-refractivity contribution in [2.24, 2.45) is 0 Å². The van der Waals surface area contributed by atoms with E-state index in [9.17, 15) is 9.59 Å². The molecule has 0 aromatic heterocycles. The summed E-state index contributed by atoms with van der Waals surface area (Å²) in [5.74, 6) is 0.961. The fourth-order valence-corrected chi connectivity index (χ4v) is 2.83. The molecule has 0 bridgehead atoms. The highest BCUT2D eigenvalue weighted by molar-refractivity contribution is 7.80. The van der Waals surface area contributed by atoms with E-state index in [1.165, 1.54) is 5.56 Å². The molecule has 0 radical (unpaired) electrons. The Kier molecular flexibility index (Phi) is 10.5. The van der Waals surface area contributed by atoms with Crippen molar-refractivity contribution in [1.82, 2.24) is 16.2 Å². The first-order valence-corrected chi connectivity index (χ1v) is 11.2. The Bertz CT molecular complexity index is 885. The van der Waals surface area contributed by atoms with Gasteiger partial charge in [0.2, 0.25) is 0 Å². The molecular weight excluding hydrogens is 426 g/mol. The molecule has 0 aliphatic heterocycles. The van der Waals surface area contributed by atoms with Crippen LogP contribution >= 0.6 is 12.2 Å². The van der Waals surface area contributed by atoms with Crippen LogP contribution in [0.2, 0.25) is 0 Å². The van der Waals surface area contributed by atoms with Crippen molar-refractivity contribution in [1.29, 1.82) is 0 Å². The van der Waals surface area contributed by atoms with Gasteiger partial charge in [0.25, 0.3) is 11.8 Å². The molecule has 7 nitrogen and oxygen atoms in total. The van der Waals surface area contributed by atoms with E-state index in [-0.39, 0.29) is 11.7 Å². The SMILES string of the molecule is CCCCOc1ccc(C(=O)NC(=S)NNC(=O)COc2ccc(C(C)CC)cc2)cc1. The quantitative estimate of drug-likeness (QED) is 0.283. The molecule has 3 N–H and O–H groups in total. The number of benzene rings is 2. The van der Waals surface area contributed by atoms with E-state index < -0.39 is 11.8 Å². The summed E-state index contributed by atoms with van der Waals surface area (Å²) < 4.78 is 11.0. The van der Waals surface area contributed by atoms with Crippen LogP contribution in [0.15, 0.2) is 48.5 Å². The summed E-state index contributed by atoms with van der Waals surface area (Å²) in [4.78, 5) is 24.2. The van der Waals surface area contributed by atoms with Gasteiger partial charge >= 0.3 is 0 Å². The number of hydrogen-bond donors (Lipinski definition) is 3. The summed E-state index contributed by atoms with van der Waals surface area (Å²) in [6.45, 7) is 6.85. The number of carbonyl (C=O) groups is 2. The molecule has 0 heterocycles. The molecule has 0 aliphatic carbocycles. The van der Waals surface area contributed by atoms with Crippen molar-refractivity contribution in [3.8, 4) is 11.5 Å².